The molecular formula is C31H33N5OS. The van der Waals surface area contributed by atoms with Crippen LogP contribution >= 0.6 is 11.3 Å². The molecule has 0 fully saturated rings. The molecule has 2 aromatic carbocycles. The number of anilines is 1. The van der Waals surface area contributed by atoms with Gasteiger partial charge in [0.15, 0.2) is 5.82 Å². The van der Waals surface area contributed by atoms with Crippen molar-refractivity contribution >= 4 is 27.4 Å². The maximum atomic E-state index is 6.53. The molecular weight excluding hydrogens is 490 g/mol. The Kier molecular flexibility index (Phi) is 7.67. The number of aromatic nitrogens is 3. The van der Waals surface area contributed by atoms with Gasteiger partial charge in [0.1, 0.15) is 11.6 Å². The fourth-order valence-corrected chi connectivity index (χ4v) is 5.64. The van der Waals surface area contributed by atoms with Gasteiger partial charge in [-0.15, -0.1) is 11.3 Å². The lowest BCUT2D eigenvalue weighted by atomic mass is 10.0. The van der Waals surface area contributed by atoms with Crippen molar-refractivity contribution in [1.82, 2.24) is 15.0 Å². The summed E-state index contributed by atoms with van der Waals surface area (Å²) in [5, 5.41) is 3.56. The number of nitrogens with zero attached hydrogens (tertiary/aromatic N) is 3. The lowest BCUT2D eigenvalue weighted by Crippen LogP contribution is -2.31. The molecule has 3 N–H and O–H groups in total. The highest BCUT2D eigenvalue weighted by Crippen LogP contribution is 2.44. The minimum absolute atomic E-state index is 0.0601. The zero-order valence-corrected chi connectivity index (χ0v) is 23.0. The molecule has 38 heavy (non-hydrogen) atoms. The second-order valence-electron chi connectivity index (χ2n) is 9.84. The highest BCUT2D eigenvalue weighted by atomic mass is 32.1. The predicted molar refractivity (Wildman–Crippen MR) is 158 cm³/mol. The summed E-state index contributed by atoms with van der Waals surface area (Å²) in [5.41, 5.74) is 12.9. The van der Waals surface area contributed by atoms with Crippen LogP contribution in [0.15, 0.2) is 73.1 Å². The molecule has 0 bridgehead atoms. The summed E-state index contributed by atoms with van der Waals surface area (Å²) >= 11 is 1.70. The van der Waals surface area contributed by atoms with Gasteiger partial charge in [-0.25, -0.2) is 9.97 Å². The second kappa shape index (κ2) is 11.3. The first kappa shape index (κ1) is 25.8. The highest BCUT2D eigenvalue weighted by molar-refractivity contribution is 7.20. The molecule has 5 aromatic rings. The van der Waals surface area contributed by atoms with Crippen molar-refractivity contribution in [2.24, 2.45) is 5.73 Å². The van der Waals surface area contributed by atoms with E-state index >= 15 is 0 Å². The minimum Gasteiger partial charge on any atom is -0.490 e. The zero-order valence-electron chi connectivity index (χ0n) is 22.2. The maximum Gasteiger partial charge on any atom is 0.162 e. The number of fused-ring (bicyclic) bond motifs is 1. The molecule has 3 aromatic heterocycles. The van der Waals surface area contributed by atoms with E-state index in [1.165, 1.54) is 11.1 Å². The Hall–Kier alpha value is -3.81. The molecule has 0 unspecified atom stereocenters. The standard InChI is InChI=1S/C31H33N5OS/c1-19(2)37-26-11-10-20(3)16-25(26)27-21(4)38-29-28(27)35-30(23-12-14-33-15-13-23)36-31(29)34-18-24(32)17-22-8-6-5-7-9-22/h5-16,19,24H,17-18,32H2,1-4H3,(H,34,35,36)/t24-/m0/s1. The first-order valence-electron chi connectivity index (χ1n) is 12.9. The van der Waals surface area contributed by atoms with Crippen molar-refractivity contribution in [2.75, 3.05) is 11.9 Å². The maximum absolute atomic E-state index is 6.53. The van der Waals surface area contributed by atoms with Gasteiger partial charge in [-0.05, 0) is 63.9 Å². The van der Waals surface area contributed by atoms with Crippen LogP contribution in [0.4, 0.5) is 5.82 Å². The van der Waals surface area contributed by atoms with Gasteiger partial charge in [-0.3, -0.25) is 4.98 Å². The van der Waals surface area contributed by atoms with Crippen molar-refractivity contribution in [1.29, 1.82) is 0 Å². The van der Waals surface area contributed by atoms with Crippen LogP contribution in [0, 0.1) is 13.8 Å². The third-order valence-corrected chi connectivity index (χ3v) is 7.39. The molecule has 0 amide bonds. The third kappa shape index (κ3) is 5.69. The van der Waals surface area contributed by atoms with Gasteiger partial charge in [-0.1, -0.05) is 42.0 Å². The minimum atomic E-state index is -0.0601. The Balaban J connectivity index is 1.60. The normalized spacial score (nSPS) is 12.2. The lowest BCUT2D eigenvalue weighted by Gasteiger charge is -2.16. The summed E-state index contributed by atoms with van der Waals surface area (Å²) in [6.07, 6.45) is 4.38. The van der Waals surface area contributed by atoms with E-state index in [1.54, 1.807) is 23.7 Å². The van der Waals surface area contributed by atoms with Gasteiger partial charge in [0.05, 0.1) is 16.3 Å². The monoisotopic (exact) mass is 523 g/mol. The first-order chi connectivity index (χ1) is 18.4. The molecule has 0 saturated heterocycles. The number of rotatable bonds is 9. The number of aryl methyl sites for hydroxylation is 2. The molecule has 0 saturated carbocycles. The molecule has 0 aliphatic rings. The van der Waals surface area contributed by atoms with Crippen molar-refractivity contribution < 1.29 is 4.74 Å². The zero-order chi connectivity index (χ0) is 26.6. The number of hydrogen-bond donors (Lipinski definition) is 2. The van der Waals surface area contributed by atoms with Gasteiger partial charge in [-0.2, -0.15) is 0 Å². The number of nitrogens with one attached hydrogen (secondary N) is 1. The van der Waals surface area contributed by atoms with Gasteiger partial charge >= 0.3 is 0 Å². The van der Waals surface area contributed by atoms with E-state index < -0.39 is 0 Å². The van der Waals surface area contributed by atoms with Crippen molar-refractivity contribution in [2.45, 2.75) is 46.3 Å². The topological polar surface area (TPSA) is 86.0 Å². The molecule has 0 spiro atoms. The van der Waals surface area contributed by atoms with Crippen LogP contribution in [0.25, 0.3) is 32.7 Å². The van der Waals surface area contributed by atoms with E-state index in [-0.39, 0.29) is 12.1 Å². The smallest absolute Gasteiger partial charge is 0.162 e. The van der Waals surface area contributed by atoms with Gasteiger partial charge in [0, 0.05) is 46.5 Å². The van der Waals surface area contributed by atoms with Crippen molar-refractivity contribution in [3.05, 3.63) is 89.1 Å². The van der Waals surface area contributed by atoms with E-state index in [4.69, 9.17) is 20.4 Å². The van der Waals surface area contributed by atoms with E-state index in [0.717, 1.165) is 49.8 Å². The summed E-state index contributed by atoms with van der Waals surface area (Å²) in [4.78, 5) is 15.4. The summed E-state index contributed by atoms with van der Waals surface area (Å²) < 4.78 is 7.24. The molecule has 0 radical (unpaired) electrons. The van der Waals surface area contributed by atoms with E-state index in [1.807, 2.05) is 44.2 Å². The molecule has 6 nitrogen and oxygen atoms in total. The van der Waals surface area contributed by atoms with Crippen LogP contribution in [0.2, 0.25) is 0 Å². The SMILES string of the molecule is Cc1ccc(OC(C)C)c(-c2c(C)sc3c(NC[C@@H](N)Cc4ccccc4)nc(-c4ccncc4)nc23)c1. The number of benzene rings is 2. The van der Waals surface area contributed by atoms with Crippen LogP contribution < -0.4 is 15.8 Å². The molecule has 7 heteroatoms. The van der Waals surface area contributed by atoms with Gasteiger partial charge in [0.2, 0.25) is 0 Å². The Labute approximate surface area is 228 Å². The Morgan fingerprint density at radius 1 is 0.974 bits per heavy atom. The summed E-state index contributed by atoms with van der Waals surface area (Å²) in [5.74, 6) is 2.30. The van der Waals surface area contributed by atoms with Crippen LogP contribution in [0.1, 0.15) is 29.9 Å². The van der Waals surface area contributed by atoms with E-state index in [2.05, 4.69) is 54.5 Å². The van der Waals surface area contributed by atoms with Crippen molar-refractivity contribution in [3.63, 3.8) is 0 Å². The number of ether oxygens (including phenoxy) is 1. The van der Waals surface area contributed by atoms with Crippen molar-refractivity contribution in [3.8, 4) is 28.3 Å². The highest BCUT2D eigenvalue weighted by Gasteiger charge is 2.22. The fourth-order valence-electron chi connectivity index (χ4n) is 4.57. The number of pyridine rings is 1. The summed E-state index contributed by atoms with van der Waals surface area (Å²) in [6.45, 7) is 8.93. The number of hydrogen-bond acceptors (Lipinski definition) is 7. The second-order valence-corrected chi connectivity index (χ2v) is 11.1. The van der Waals surface area contributed by atoms with Crippen LogP contribution in [0.3, 0.4) is 0 Å². The first-order valence-corrected chi connectivity index (χ1v) is 13.7. The third-order valence-electron chi connectivity index (χ3n) is 6.29. The molecule has 3 heterocycles. The molecule has 194 valence electrons. The van der Waals surface area contributed by atoms with Crippen LogP contribution in [-0.2, 0) is 6.42 Å². The number of thiophene rings is 1. The predicted octanol–water partition coefficient (Wildman–Crippen LogP) is 6.81. The quantitative estimate of drug-likeness (QED) is 0.221. The number of nitrogens with two attached hydrogens (primary N) is 1. The Bertz CT molecular complexity index is 1530. The van der Waals surface area contributed by atoms with Gasteiger partial charge < -0.3 is 15.8 Å². The fraction of sp³-hybridized carbons (Fsp3) is 0.258. The largest absolute Gasteiger partial charge is 0.490 e. The Morgan fingerprint density at radius 3 is 2.47 bits per heavy atom. The van der Waals surface area contributed by atoms with Gasteiger partial charge in [0.25, 0.3) is 0 Å². The van der Waals surface area contributed by atoms with Crippen LogP contribution in [0.5, 0.6) is 5.75 Å². The average molecular weight is 524 g/mol. The lowest BCUT2D eigenvalue weighted by molar-refractivity contribution is 0.243. The average Bonchev–Trinajstić information content (AvgIpc) is 3.24. The van der Waals surface area contributed by atoms with E-state index in [0.29, 0.717) is 12.4 Å². The van der Waals surface area contributed by atoms with E-state index in [9.17, 15) is 0 Å². The molecule has 5 rings (SSSR count). The summed E-state index contributed by atoms with van der Waals surface area (Å²) in [7, 11) is 0. The molecule has 0 aliphatic heterocycles. The van der Waals surface area contributed by atoms with Crippen LogP contribution in [-0.4, -0.2) is 33.6 Å². The molecule has 1 atom stereocenters. The summed E-state index contributed by atoms with van der Waals surface area (Å²) in [6, 6.07) is 20.5. The Morgan fingerprint density at radius 2 is 1.74 bits per heavy atom. The molecule has 0 aliphatic carbocycles.